The van der Waals surface area contributed by atoms with Crippen molar-refractivity contribution in [3.8, 4) is 5.75 Å². The normalized spacial score (nSPS) is 14.3. The van der Waals surface area contributed by atoms with Crippen LogP contribution in [0.2, 0.25) is 0 Å². The van der Waals surface area contributed by atoms with Gasteiger partial charge in [0.05, 0.1) is 18.2 Å². The lowest BCUT2D eigenvalue weighted by Gasteiger charge is -2.33. The first-order valence-corrected chi connectivity index (χ1v) is 12.7. The van der Waals surface area contributed by atoms with Crippen LogP contribution in [0.5, 0.6) is 5.75 Å². The van der Waals surface area contributed by atoms with Crippen molar-refractivity contribution in [2.75, 3.05) is 37.4 Å². The highest BCUT2D eigenvalue weighted by atomic mass is 19.4. The molecule has 3 N–H and O–H groups in total. The van der Waals surface area contributed by atoms with Crippen LogP contribution < -0.4 is 20.7 Å². The second-order valence-electron chi connectivity index (χ2n) is 9.10. The number of nitrogens with one attached hydrogen (secondary N) is 3. The van der Waals surface area contributed by atoms with Crippen molar-refractivity contribution >= 4 is 23.3 Å². The largest absolute Gasteiger partial charge is 0.496 e. The second kappa shape index (κ2) is 13.3. The van der Waals surface area contributed by atoms with Gasteiger partial charge in [-0.1, -0.05) is 26.2 Å². The molecule has 7 nitrogen and oxygen atoms in total. The summed E-state index contributed by atoms with van der Waals surface area (Å²) in [4.78, 5) is 27.5. The molecular formula is C27H35F3N4O3. The number of carbonyl (C=O) groups is 2. The summed E-state index contributed by atoms with van der Waals surface area (Å²) < 4.78 is 43.4. The second-order valence-corrected chi connectivity index (χ2v) is 9.10. The zero-order valence-corrected chi connectivity index (χ0v) is 21.3. The van der Waals surface area contributed by atoms with Gasteiger partial charge in [-0.3, -0.25) is 4.79 Å². The maximum Gasteiger partial charge on any atom is 0.416 e. The highest BCUT2D eigenvalue weighted by molar-refractivity contribution is 6.01. The minimum atomic E-state index is -4.45. The summed E-state index contributed by atoms with van der Waals surface area (Å²) in [6, 6.07) is 8.76. The van der Waals surface area contributed by atoms with E-state index in [-0.39, 0.29) is 11.6 Å². The lowest BCUT2D eigenvalue weighted by Crippen LogP contribution is -2.38. The number of hydrogen-bond acceptors (Lipinski definition) is 4. The number of urea groups is 1. The molecule has 2 aromatic carbocycles. The molecule has 1 aliphatic carbocycles. The fourth-order valence-electron chi connectivity index (χ4n) is 4.62. The van der Waals surface area contributed by atoms with Gasteiger partial charge in [0.1, 0.15) is 5.75 Å². The summed E-state index contributed by atoms with van der Waals surface area (Å²) in [5, 5.41) is 8.00. The average molecular weight is 521 g/mol. The third-order valence-electron chi connectivity index (χ3n) is 6.58. The van der Waals surface area contributed by atoms with Crippen LogP contribution in [0.15, 0.2) is 42.5 Å². The molecule has 0 heterocycles. The number of anilines is 2. The Morgan fingerprint density at radius 3 is 2.27 bits per heavy atom. The van der Waals surface area contributed by atoms with Gasteiger partial charge in [-0.2, -0.15) is 13.2 Å². The zero-order chi connectivity index (χ0) is 26.8. The van der Waals surface area contributed by atoms with E-state index in [0.29, 0.717) is 29.6 Å². The predicted molar refractivity (Wildman–Crippen MR) is 138 cm³/mol. The number of rotatable bonds is 10. The number of carbonyl (C=O) groups excluding carboxylic acids is 2. The number of hydrogen-bond donors (Lipinski definition) is 3. The van der Waals surface area contributed by atoms with E-state index in [4.69, 9.17) is 4.74 Å². The van der Waals surface area contributed by atoms with E-state index >= 15 is 0 Å². The Morgan fingerprint density at radius 2 is 1.65 bits per heavy atom. The fraction of sp³-hybridized carbons (Fsp3) is 0.481. The Labute approximate surface area is 215 Å². The van der Waals surface area contributed by atoms with E-state index in [1.165, 1.54) is 57.4 Å². The van der Waals surface area contributed by atoms with Gasteiger partial charge < -0.3 is 25.6 Å². The molecule has 0 unspecified atom stereocenters. The van der Waals surface area contributed by atoms with Crippen LogP contribution in [-0.4, -0.2) is 49.6 Å². The van der Waals surface area contributed by atoms with E-state index < -0.39 is 17.8 Å². The number of nitrogens with zero attached hydrogens (tertiary/aromatic N) is 1. The van der Waals surface area contributed by atoms with Crippen LogP contribution in [0.4, 0.5) is 29.3 Å². The molecule has 0 aromatic heterocycles. The summed E-state index contributed by atoms with van der Waals surface area (Å²) in [5.41, 5.74) is 0.113. The van der Waals surface area contributed by atoms with E-state index in [9.17, 15) is 22.8 Å². The quantitative estimate of drug-likeness (QED) is 0.329. The summed E-state index contributed by atoms with van der Waals surface area (Å²) in [7, 11) is 1.43. The Hall–Kier alpha value is -3.27. The van der Waals surface area contributed by atoms with Gasteiger partial charge in [-0.05, 0) is 62.2 Å². The van der Waals surface area contributed by atoms with Crippen molar-refractivity contribution < 1.29 is 27.5 Å². The van der Waals surface area contributed by atoms with Crippen molar-refractivity contribution in [2.24, 2.45) is 0 Å². The van der Waals surface area contributed by atoms with Gasteiger partial charge in [0.25, 0.3) is 5.91 Å². The molecule has 0 spiro atoms. The maximum atomic E-state index is 12.7. The molecule has 37 heavy (non-hydrogen) atoms. The van der Waals surface area contributed by atoms with Crippen LogP contribution in [0.1, 0.15) is 61.4 Å². The molecule has 0 aliphatic heterocycles. The first-order valence-electron chi connectivity index (χ1n) is 12.7. The monoisotopic (exact) mass is 520 g/mol. The molecular weight excluding hydrogens is 485 g/mol. The highest BCUT2D eigenvalue weighted by Gasteiger charge is 2.30. The number of halogens is 3. The minimum absolute atomic E-state index is 0.207. The van der Waals surface area contributed by atoms with Gasteiger partial charge in [0.15, 0.2) is 0 Å². The minimum Gasteiger partial charge on any atom is -0.496 e. The van der Waals surface area contributed by atoms with Gasteiger partial charge in [-0.15, -0.1) is 0 Å². The molecule has 0 bridgehead atoms. The van der Waals surface area contributed by atoms with Crippen molar-refractivity contribution in [1.82, 2.24) is 10.2 Å². The molecule has 0 atom stereocenters. The van der Waals surface area contributed by atoms with Crippen molar-refractivity contribution in [1.29, 1.82) is 0 Å². The standard InChI is InChI=1S/C27H35F3N4O3/c1-3-34(22-8-5-4-6-9-22)17-7-16-31-25(35)23-15-14-21(18-24(23)37-2)33-26(36)32-20-12-10-19(11-13-20)27(28,29)30/h10-15,18,22H,3-9,16-17H2,1-2H3,(H,31,35)(H2,32,33,36). The first kappa shape index (κ1) is 28.3. The van der Waals surface area contributed by atoms with Gasteiger partial charge in [0.2, 0.25) is 0 Å². The van der Waals surface area contributed by atoms with Gasteiger partial charge in [0, 0.05) is 36.6 Å². The molecule has 10 heteroatoms. The summed E-state index contributed by atoms with van der Waals surface area (Å²) >= 11 is 0. The van der Waals surface area contributed by atoms with Gasteiger partial charge >= 0.3 is 12.2 Å². The topological polar surface area (TPSA) is 82.7 Å². The molecule has 3 rings (SSSR count). The van der Waals surface area contributed by atoms with E-state index in [1.54, 1.807) is 12.1 Å². The molecule has 1 aliphatic rings. The van der Waals surface area contributed by atoms with Crippen molar-refractivity contribution in [2.45, 2.75) is 57.7 Å². The zero-order valence-electron chi connectivity index (χ0n) is 21.3. The highest BCUT2D eigenvalue weighted by Crippen LogP contribution is 2.30. The molecule has 1 saturated carbocycles. The number of methoxy groups -OCH3 is 1. The molecule has 2 aromatic rings. The van der Waals surface area contributed by atoms with Crippen molar-refractivity contribution in [3.05, 3.63) is 53.6 Å². The van der Waals surface area contributed by atoms with Crippen LogP contribution in [0.3, 0.4) is 0 Å². The van der Waals surface area contributed by atoms with E-state index in [0.717, 1.165) is 31.6 Å². The molecule has 0 saturated heterocycles. The van der Waals surface area contributed by atoms with Crippen LogP contribution in [-0.2, 0) is 6.18 Å². The molecule has 3 amide bonds. The first-order chi connectivity index (χ1) is 17.7. The lowest BCUT2D eigenvalue weighted by molar-refractivity contribution is -0.137. The summed E-state index contributed by atoms with van der Waals surface area (Å²) in [6.45, 7) is 4.67. The lowest BCUT2D eigenvalue weighted by atomic mass is 9.94. The van der Waals surface area contributed by atoms with Crippen LogP contribution in [0.25, 0.3) is 0 Å². The third-order valence-corrected chi connectivity index (χ3v) is 6.58. The molecule has 202 valence electrons. The smallest absolute Gasteiger partial charge is 0.416 e. The summed E-state index contributed by atoms with van der Waals surface area (Å²) in [6.07, 6.45) is 2.81. The Balaban J connectivity index is 1.50. The van der Waals surface area contributed by atoms with E-state index in [1.807, 2.05) is 0 Å². The van der Waals surface area contributed by atoms with Gasteiger partial charge in [-0.25, -0.2) is 4.79 Å². The molecule has 0 radical (unpaired) electrons. The number of benzene rings is 2. The Morgan fingerprint density at radius 1 is 1.00 bits per heavy atom. The Kier molecular flexibility index (Phi) is 10.2. The maximum absolute atomic E-state index is 12.7. The third kappa shape index (κ3) is 8.38. The number of ether oxygens (including phenoxy) is 1. The van der Waals surface area contributed by atoms with Crippen molar-refractivity contribution in [3.63, 3.8) is 0 Å². The number of alkyl halides is 3. The summed E-state index contributed by atoms with van der Waals surface area (Å²) in [5.74, 6) is 0.0283. The average Bonchev–Trinajstić information content (AvgIpc) is 2.88. The molecule has 1 fully saturated rings. The van der Waals surface area contributed by atoms with Crippen LogP contribution in [0, 0.1) is 0 Å². The predicted octanol–water partition coefficient (Wildman–Crippen LogP) is 6.13. The Bertz CT molecular complexity index is 1040. The number of amides is 3. The van der Waals surface area contributed by atoms with Crippen LogP contribution >= 0.6 is 0 Å². The fourth-order valence-corrected chi connectivity index (χ4v) is 4.62. The SMILES string of the molecule is CCN(CCCNC(=O)c1ccc(NC(=O)Nc2ccc(C(F)(F)F)cc2)cc1OC)C1CCCCC1. The van der Waals surface area contributed by atoms with E-state index in [2.05, 4.69) is 27.8 Å².